The van der Waals surface area contributed by atoms with Crippen molar-refractivity contribution in [3.63, 3.8) is 0 Å². The fourth-order valence-electron chi connectivity index (χ4n) is 3.45. The lowest BCUT2D eigenvalue weighted by Gasteiger charge is -2.23. The van der Waals surface area contributed by atoms with Gasteiger partial charge in [0.05, 0.1) is 0 Å². The van der Waals surface area contributed by atoms with Crippen LogP contribution in [-0.2, 0) is 28.9 Å². The minimum atomic E-state index is 0.343. The second kappa shape index (κ2) is 5.35. The second-order valence-corrected chi connectivity index (χ2v) is 5.77. The Hall–Kier alpha value is -1.70. The average Bonchev–Trinajstić information content (AvgIpc) is 2.46. The molecule has 2 aliphatic carbocycles. The number of rotatable bonds is 2. The van der Waals surface area contributed by atoms with E-state index in [4.69, 9.17) is 0 Å². The van der Waals surface area contributed by atoms with Crippen LogP contribution in [0.3, 0.4) is 0 Å². The monoisotopic (exact) mass is 268 g/mol. The lowest BCUT2D eigenvalue weighted by molar-refractivity contribution is -0.119. The van der Waals surface area contributed by atoms with Gasteiger partial charge in [-0.3, -0.25) is 9.59 Å². The zero-order valence-corrected chi connectivity index (χ0v) is 12.0. The summed E-state index contributed by atoms with van der Waals surface area (Å²) < 4.78 is 0. The van der Waals surface area contributed by atoms with Crippen LogP contribution in [0.25, 0.3) is 5.57 Å². The highest BCUT2D eigenvalue weighted by Crippen LogP contribution is 2.33. The van der Waals surface area contributed by atoms with Crippen molar-refractivity contribution < 1.29 is 9.59 Å². The molecular formula is C18H20O2. The molecule has 0 aliphatic heterocycles. The molecule has 0 atom stereocenters. The molecule has 0 radical (unpaired) electrons. The van der Waals surface area contributed by atoms with E-state index < -0.39 is 0 Å². The van der Waals surface area contributed by atoms with Gasteiger partial charge in [0.15, 0.2) is 0 Å². The number of Topliss-reactive ketones (excluding diaryl/α,β-unsaturated/α-hetero) is 2. The van der Waals surface area contributed by atoms with E-state index in [0.717, 1.165) is 19.3 Å². The fourth-order valence-corrected chi connectivity index (χ4v) is 3.45. The van der Waals surface area contributed by atoms with E-state index in [2.05, 4.69) is 25.1 Å². The van der Waals surface area contributed by atoms with Gasteiger partial charge in [0.2, 0.25) is 0 Å². The summed E-state index contributed by atoms with van der Waals surface area (Å²) in [6, 6.07) is 4.29. The molecule has 0 spiro atoms. The van der Waals surface area contributed by atoms with Gasteiger partial charge in [-0.05, 0) is 47.1 Å². The lowest BCUT2D eigenvalue weighted by Crippen LogP contribution is -2.16. The first-order valence-corrected chi connectivity index (χ1v) is 7.55. The van der Waals surface area contributed by atoms with Crippen molar-refractivity contribution in [1.29, 1.82) is 0 Å². The van der Waals surface area contributed by atoms with Crippen LogP contribution in [0.15, 0.2) is 18.2 Å². The molecule has 2 heteroatoms. The quantitative estimate of drug-likeness (QED) is 0.823. The van der Waals surface area contributed by atoms with Crippen molar-refractivity contribution in [2.75, 3.05) is 0 Å². The summed E-state index contributed by atoms with van der Waals surface area (Å²) in [7, 11) is 0. The highest BCUT2D eigenvalue weighted by atomic mass is 16.1. The maximum atomic E-state index is 11.6. The predicted molar refractivity (Wildman–Crippen MR) is 79.7 cm³/mol. The number of ketones is 2. The lowest BCUT2D eigenvalue weighted by atomic mass is 9.81. The molecule has 2 aliphatic rings. The van der Waals surface area contributed by atoms with Crippen LogP contribution in [0.5, 0.6) is 0 Å². The zero-order valence-electron chi connectivity index (χ0n) is 12.0. The van der Waals surface area contributed by atoms with Gasteiger partial charge in [-0.25, -0.2) is 0 Å². The number of allylic oxidation sites excluding steroid dienone is 2. The molecule has 1 aromatic carbocycles. The molecule has 104 valence electrons. The second-order valence-electron chi connectivity index (χ2n) is 5.77. The van der Waals surface area contributed by atoms with Crippen LogP contribution in [0.1, 0.15) is 54.9 Å². The standard InChI is InChI=1S/C18H20O2/c1-2-16-17(12-3-6-14(19)7-4-12)9-5-13-11-15(20)8-10-18(13)16/h3,5,9H,2,4,6-8,10-11H2,1H3. The molecule has 0 N–H and O–H groups in total. The Bertz CT molecular complexity index is 608. The van der Waals surface area contributed by atoms with E-state index >= 15 is 0 Å². The summed E-state index contributed by atoms with van der Waals surface area (Å²) >= 11 is 0. The third-order valence-electron chi connectivity index (χ3n) is 4.52. The molecule has 0 amide bonds. The molecule has 0 saturated carbocycles. The SMILES string of the molecule is CCc1c(C2=CCC(=O)CC2)ccc2c1CCC(=O)C2. The summed E-state index contributed by atoms with van der Waals surface area (Å²) in [4.78, 5) is 23.0. The van der Waals surface area contributed by atoms with E-state index in [1.807, 2.05) is 0 Å². The number of hydrogen-bond donors (Lipinski definition) is 0. The molecule has 0 aromatic heterocycles. The maximum absolute atomic E-state index is 11.6. The summed E-state index contributed by atoms with van der Waals surface area (Å²) in [5.74, 6) is 0.699. The van der Waals surface area contributed by atoms with Crippen molar-refractivity contribution in [3.05, 3.63) is 40.5 Å². The Labute approximate surface area is 119 Å². The smallest absolute Gasteiger partial charge is 0.137 e. The summed E-state index contributed by atoms with van der Waals surface area (Å²) in [6.07, 6.45) is 7.37. The first kappa shape index (κ1) is 13.3. The van der Waals surface area contributed by atoms with Gasteiger partial charge in [-0.2, -0.15) is 0 Å². The van der Waals surface area contributed by atoms with Gasteiger partial charge in [0.1, 0.15) is 11.6 Å². The van der Waals surface area contributed by atoms with Crippen LogP contribution in [0, 0.1) is 0 Å². The van der Waals surface area contributed by atoms with Crippen LogP contribution in [0.4, 0.5) is 0 Å². The van der Waals surface area contributed by atoms with Crippen molar-refractivity contribution in [2.45, 2.75) is 51.9 Å². The van der Waals surface area contributed by atoms with E-state index in [1.54, 1.807) is 0 Å². The number of carbonyl (C=O) groups is 2. The summed E-state index contributed by atoms with van der Waals surface area (Å²) in [5.41, 5.74) is 6.64. The summed E-state index contributed by atoms with van der Waals surface area (Å²) in [6.45, 7) is 2.18. The molecule has 0 bridgehead atoms. The normalized spacial score (nSPS) is 18.8. The van der Waals surface area contributed by atoms with Gasteiger partial charge >= 0.3 is 0 Å². The molecule has 1 aromatic rings. The Morgan fingerprint density at radius 1 is 1.00 bits per heavy atom. The van der Waals surface area contributed by atoms with Crippen molar-refractivity contribution >= 4 is 17.1 Å². The van der Waals surface area contributed by atoms with Gasteiger partial charge in [-0.15, -0.1) is 0 Å². The predicted octanol–water partition coefficient (Wildman–Crippen LogP) is 3.44. The fraction of sp³-hybridized carbons (Fsp3) is 0.444. The average molecular weight is 268 g/mol. The van der Waals surface area contributed by atoms with Crippen LogP contribution < -0.4 is 0 Å². The molecule has 0 saturated heterocycles. The Morgan fingerprint density at radius 2 is 1.80 bits per heavy atom. The van der Waals surface area contributed by atoms with E-state index in [-0.39, 0.29) is 0 Å². The highest BCUT2D eigenvalue weighted by molar-refractivity contribution is 5.88. The Morgan fingerprint density at radius 3 is 2.50 bits per heavy atom. The van der Waals surface area contributed by atoms with Crippen LogP contribution in [-0.4, -0.2) is 11.6 Å². The topological polar surface area (TPSA) is 34.1 Å². The number of benzene rings is 1. The molecule has 3 rings (SSSR count). The van der Waals surface area contributed by atoms with Crippen molar-refractivity contribution in [3.8, 4) is 0 Å². The molecule has 0 fully saturated rings. The molecule has 2 nitrogen and oxygen atoms in total. The van der Waals surface area contributed by atoms with Crippen LogP contribution in [0.2, 0.25) is 0 Å². The van der Waals surface area contributed by atoms with Gasteiger partial charge < -0.3 is 0 Å². The maximum Gasteiger partial charge on any atom is 0.137 e. The molecular weight excluding hydrogens is 248 g/mol. The zero-order chi connectivity index (χ0) is 14.1. The van der Waals surface area contributed by atoms with Crippen LogP contribution >= 0.6 is 0 Å². The van der Waals surface area contributed by atoms with Gasteiger partial charge in [0.25, 0.3) is 0 Å². The van der Waals surface area contributed by atoms with Crippen molar-refractivity contribution in [1.82, 2.24) is 0 Å². The largest absolute Gasteiger partial charge is 0.299 e. The third kappa shape index (κ3) is 2.35. The molecule has 20 heavy (non-hydrogen) atoms. The number of hydrogen-bond acceptors (Lipinski definition) is 2. The first-order valence-electron chi connectivity index (χ1n) is 7.55. The van der Waals surface area contributed by atoms with Gasteiger partial charge in [-0.1, -0.05) is 25.1 Å². The van der Waals surface area contributed by atoms with E-state index in [1.165, 1.54) is 27.8 Å². The minimum Gasteiger partial charge on any atom is -0.299 e. The van der Waals surface area contributed by atoms with Gasteiger partial charge in [0, 0.05) is 25.7 Å². The Balaban J connectivity index is 2.04. The van der Waals surface area contributed by atoms with Crippen molar-refractivity contribution in [2.24, 2.45) is 0 Å². The molecule has 0 unspecified atom stereocenters. The van der Waals surface area contributed by atoms with E-state index in [9.17, 15) is 9.59 Å². The highest BCUT2D eigenvalue weighted by Gasteiger charge is 2.22. The first-order chi connectivity index (χ1) is 9.69. The summed E-state index contributed by atoms with van der Waals surface area (Å²) in [5, 5.41) is 0. The third-order valence-corrected chi connectivity index (χ3v) is 4.52. The molecule has 0 heterocycles. The van der Waals surface area contributed by atoms with E-state index in [0.29, 0.717) is 37.2 Å². The number of carbonyl (C=O) groups excluding carboxylic acids is 2. The number of fused-ring (bicyclic) bond motifs is 1. The minimum absolute atomic E-state index is 0.343. The Kier molecular flexibility index (Phi) is 3.56.